The highest BCUT2D eigenvalue weighted by atomic mass is 19.2. The Morgan fingerprint density at radius 2 is 1.81 bits per heavy atom. The summed E-state index contributed by atoms with van der Waals surface area (Å²) in [6.45, 7) is 2.41. The smallest absolute Gasteiger partial charge is 0.258 e. The first kappa shape index (κ1) is 17.5. The molecule has 3 rings (SSSR count). The maximum atomic E-state index is 13.3. The highest BCUT2D eigenvalue weighted by Crippen LogP contribution is 2.20. The first-order chi connectivity index (χ1) is 12.6. The fourth-order valence-corrected chi connectivity index (χ4v) is 2.56. The molecule has 2 aromatic carbocycles. The van der Waals surface area contributed by atoms with Gasteiger partial charge in [-0.05, 0) is 43.3 Å². The number of halogens is 2. The molecule has 0 saturated heterocycles. The lowest BCUT2D eigenvalue weighted by atomic mass is 10.2. The summed E-state index contributed by atoms with van der Waals surface area (Å²) in [5, 5.41) is 2.88. The Hall–Kier alpha value is -3.28. The van der Waals surface area contributed by atoms with Crippen LogP contribution in [0, 0.1) is 11.6 Å². The molecule has 0 bridgehead atoms. The van der Waals surface area contributed by atoms with Crippen LogP contribution in [0.15, 0.2) is 66.9 Å². The van der Waals surface area contributed by atoms with Gasteiger partial charge in [0.1, 0.15) is 5.82 Å². The Morgan fingerprint density at radius 3 is 2.50 bits per heavy atom. The number of carbonyl (C=O) groups excluding carboxylic acids is 1. The van der Waals surface area contributed by atoms with Gasteiger partial charge < -0.3 is 10.2 Å². The van der Waals surface area contributed by atoms with Gasteiger partial charge >= 0.3 is 0 Å². The molecule has 0 radical (unpaired) electrons. The number of anilines is 3. The van der Waals surface area contributed by atoms with Gasteiger partial charge in [-0.1, -0.05) is 18.2 Å². The molecule has 1 aromatic heterocycles. The zero-order chi connectivity index (χ0) is 18.5. The minimum atomic E-state index is -0.955. The molecule has 0 spiro atoms. The Morgan fingerprint density at radius 1 is 1.04 bits per heavy atom. The van der Waals surface area contributed by atoms with Crippen molar-refractivity contribution >= 4 is 23.1 Å². The van der Waals surface area contributed by atoms with Crippen LogP contribution >= 0.6 is 0 Å². The van der Waals surface area contributed by atoms with Gasteiger partial charge in [0.2, 0.25) is 0 Å². The van der Waals surface area contributed by atoms with Gasteiger partial charge in [-0.25, -0.2) is 13.8 Å². The normalized spacial score (nSPS) is 10.4. The predicted molar refractivity (Wildman–Crippen MR) is 97.7 cm³/mol. The number of nitrogens with zero attached hydrogens (tertiary/aromatic N) is 2. The van der Waals surface area contributed by atoms with E-state index in [9.17, 15) is 13.6 Å². The minimum absolute atomic E-state index is 0.172. The zero-order valence-electron chi connectivity index (χ0n) is 14.1. The molecule has 0 fully saturated rings. The molecule has 26 heavy (non-hydrogen) atoms. The number of benzene rings is 2. The number of carbonyl (C=O) groups is 1. The van der Waals surface area contributed by atoms with Crippen LogP contribution in [-0.4, -0.2) is 17.4 Å². The molecule has 1 N–H and O–H groups in total. The summed E-state index contributed by atoms with van der Waals surface area (Å²) in [4.78, 5) is 18.6. The highest BCUT2D eigenvalue weighted by molar-refractivity contribution is 6.06. The lowest BCUT2D eigenvalue weighted by Crippen LogP contribution is -2.30. The Balaban J connectivity index is 1.84. The van der Waals surface area contributed by atoms with Crippen molar-refractivity contribution in [3.05, 3.63) is 84.1 Å². The van der Waals surface area contributed by atoms with Crippen molar-refractivity contribution in [2.24, 2.45) is 0 Å². The van der Waals surface area contributed by atoms with Crippen molar-refractivity contribution in [1.29, 1.82) is 0 Å². The second-order valence-electron chi connectivity index (χ2n) is 5.57. The maximum absolute atomic E-state index is 13.3. The fourth-order valence-electron chi connectivity index (χ4n) is 2.56. The number of pyridine rings is 1. The van der Waals surface area contributed by atoms with Gasteiger partial charge in [0, 0.05) is 35.7 Å². The number of nitrogens with one attached hydrogen (secondary N) is 1. The number of rotatable bonds is 5. The summed E-state index contributed by atoms with van der Waals surface area (Å²) in [6, 6.07) is 16.0. The van der Waals surface area contributed by atoms with Gasteiger partial charge in [0.25, 0.3) is 5.91 Å². The first-order valence-electron chi connectivity index (χ1n) is 8.13. The second-order valence-corrected chi connectivity index (χ2v) is 5.57. The number of hydrogen-bond donors (Lipinski definition) is 1. The standard InChI is InChI=1S/C20H17F2N3O/c1-2-25(16-6-4-3-5-7-16)20(26)14-10-11-23-19(12-14)24-15-8-9-17(21)18(22)13-15/h3-13H,2H2,1H3,(H,23,24). The summed E-state index contributed by atoms with van der Waals surface area (Å²) in [5.41, 5.74) is 1.58. The van der Waals surface area contributed by atoms with Crippen LogP contribution < -0.4 is 10.2 Å². The fraction of sp³-hybridized carbons (Fsp3) is 0.100. The van der Waals surface area contributed by atoms with E-state index in [1.165, 1.54) is 12.3 Å². The lowest BCUT2D eigenvalue weighted by molar-refractivity contribution is 0.0988. The molecule has 3 aromatic rings. The third-order valence-corrected chi connectivity index (χ3v) is 3.83. The summed E-state index contributed by atoms with van der Waals surface area (Å²) < 4.78 is 26.4. The molecule has 1 heterocycles. The van der Waals surface area contributed by atoms with Crippen molar-refractivity contribution in [3.63, 3.8) is 0 Å². The number of amides is 1. The molecule has 6 heteroatoms. The van der Waals surface area contributed by atoms with E-state index in [-0.39, 0.29) is 5.91 Å². The average molecular weight is 353 g/mol. The minimum Gasteiger partial charge on any atom is -0.340 e. The lowest BCUT2D eigenvalue weighted by Gasteiger charge is -2.21. The SMILES string of the molecule is CCN(C(=O)c1ccnc(Nc2ccc(F)c(F)c2)c1)c1ccccc1. The Kier molecular flexibility index (Phi) is 5.22. The maximum Gasteiger partial charge on any atom is 0.258 e. The summed E-state index contributed by atoms with van der Waals surface area (Å²) >= 11 is 0. The summed E-state index contributed by atoms with van der Waals surface area (Å²) in [6.07, 6.45) is 1.49. The van der Waals surface area contributed by atoms with Gasteiger partial charge in [-0.3, -0.25) is 4.79 Å². The molecule has 132 valence electrons. The number of hydrogen-bond acceptors (Lipinski definition) is 3. The van der Waals surface area contributed by atoms with E-state index in [4.69, 9.17) is 0 Å². The topological polar surface area (TPSA) is 45.2 Å². The van der Waals surface area contributed by atoms with E-state index >= 15 is 0 Å². The van der Waals surface area contributed by atoms with Crippen molar-refractivity contribution in [1.82, 2.24) is 4.98 Å². The molecule has 0 unspecified atom stereocenters. The van der Waals surface area contributed by atoms with Gasteiger partial charge in [-0.15, -0.1) is 0 Å². The summed E-state index contributed by atoms with van der Waals surface area (Å²) in [5.74, 6) is -1.68. The average Bonchev–Trinajstić information content (AvgIpc) is 2.66. The molecule has 0 atom stereocenters. The Labute approximate surface area is 150 Å². The van der Waals surface area contributed by atoms with Crippen LogP contribution in [0.5, 0.6) is 0 Å². The molecule has 0 aliphatic heterocycles. The van der Waals surface area contributed by atoms with E-state index in [0.717, 1.165) is 17.8 Å². The first-order valence-corrected chi connectivity index (χ1v) is 8.13. The van der Waals surface area contributed by atoms with E-state index in [1.54, 1.807) is 17.0 Å². The zero-order valence-corrected chi connectivity index (χ0v) is 14.1. The van der Waals surface area contributed by atoms with Crippen molar-refractivity contribution in [2.45, 2.75) is 6.92 Å². The molecular formula is C20H17F2N3O. The monoisotopic (exact) mass is 353 g/mol. The molecule has 0 aliphatic rings. The molecule has 4 nitrogen and oxygen atoms in total. The Bertz CT molecular complexity index is 916. The van der Waals surface area contributed by atoms with E-state index in [2.05, 4.69) is 10.3 Å². The van der Waals surface area contributed by atoms with Crippen LogP contribution in [0.3, 0.4) is 0 Å². The summed E-state index contributed by atoms with van der Waals surface area (Å²) in [7, 11) is 0. The quantitative estimate of drug-likeness (QED) is 0.719. The van der Waals surface area contributed by atoms with E-state index in [0.29, 0.717) is 23.6 Å². The molecule has 0 aliphatic carbocycles. The van der Waals surface area contributed by atoms with Crippen LogP contribution in [-0.2, 0) is 0 Å². The van der Waals surface area contributed by atoms with Crippen molar-refractivity contribution < 1.29 is 13.6 Å². The molecular weight excluding hydrogens is 336 g/mol. The number of para-hydroxylation sites is 1. The largest absolute Gasteiger partial charge is 0.340 e. The van der Waals surface area contributed by atoms with Crippen LogP contribution in [0.25, 0.3) is 0 Å². The van der Waals surface area contributed by atoms with Crippen LogP contribution in [0.2, 0.25) is 0 Å². The third kappa shape index (κ3) is 3.85. The molecule has 0 saturated carbocycles. The van der Waals surface area contributed by atoms with Gasteiger partial charge in [0.15, 0.2) is 11.6 Å². The highest BCUT2D eigenvalue weighted by Gasteiger charge is 2.16. The second kappa shape index (κ2) is 7.74. The molecule has 1 amide bonds. The van der Waals surface area contributed by atoms with E-state index < -0.39 is 11.6 Å². The number of aromatic nitrogens is 1. The van der Waals surface area contributed by atoms with Gasteiger partial charge in [0.05, 0.1) is 0 Å². The third-order valence-electron chi connectivity index (χ3n) is 3.83. The predicted octanol–water partition coefficient (Wildman–Crippen LogP) is 4.77. The van der Waals surface area contributed by atoms with Crippen LogP contribution in [0.4, 0.5) is 26.0 Å². The van der Waals surface area contributed by atoms with E-state index in [1.807, 2.05) is 37.3 Å². The van der Waals surface area contributed by atoms with Crippen molar-refractivity contribution in [2.75, 3.05) is 16.8 Å². The van der Waals surface area contributed by atoms with Crippen LogP contribution in [0.1, 0.15) is 17.3 Å². The van der Waals surface area contributed by atoms with Crippen molar-refractivity contribution in [3.8, 4) is 0 Å². The van der Waals surface area contributed by atoms with Gasteiger partial charge in [-0.2, -0.15) is 0 Å².